The molecule has 0 atom stereocenters. The molecule has 126 valence electrons. The molecule has 5 nitrogen and oxygen atoms in total. The smallest absolute Gasteiger partial charge is 0.249 e. The summed E-state index contributed by atoms with van der Waals surface area (Å²) in [5.41, 5.74) is 4.94. The van der Waals surface area contributed by atoms with Gasteiger partial charge in [-0.2, -0.15) is 10.1 Å². The Balaban J connectivity index is 1.60. The Kier molecular flexibility index (Phi) is 5.41. The van der Waals surface area contributed by atoms with Crippen LogP contribution < -0.4 is 10.6 Å². The molecule has 0 fully saturated rings. The summed E-state index contributed by atoms with van der Waals surface area (Å²) < 4.78 is 0. The zero-order chi connectivity index (χ0) is 16.8. The van der Waals surface area contributed by atoms with Gasteiger partial charge in [-0.05, 0) is 57.1 Å². The van der Waals surface area contributed by atoms with Crippen molar-refractivity contribution in [2.24, 2.45) is 0 Å². The molecule has 1 aliphatic rings. The monoisotopic (exact) mass is 323 g/mol. The van der Waals surface area contributed by atoms with Crippen molar-refractivity contribution in [3.8, 4) is 0 Å². The lowest BCUT2D eigenvalue weighted by Gasteiger charge is -2.14. The maximum absolute atomic E-state index is 4.52. The molecule has 0 aliphatic heterocycles. The number of anilines is 3. The third kappa shape index (κ3) is 4.31. The van der Waals surface area contributed by atoms with Crippen LogP contribution in [0, 0.1) is 13.8 Å². The first kappa shape index (κ1) is 16.4. The second-order valence-corrected chi connectivity index (χ2v) is 6.34. The van der Waals surface area contributed by atoms with Crippen LogP contribution in [0.25, 0.3) is 0 Å². The minimum absolute atomic E-state index is 0.522. The van der Waals surface area contributed by atoms with E-state index in [1.54, 1.807) is 11.8 Å². The van der Waals surface area contributed by atoms with Gasteiger partial charge in [0.05, 0.1) is 6.20 Å². The van der Waals surface area contributed by atoms with E-state index in [1.807, 2.05) is 6.07 Å². The maximum atomic E-state index is 4.52. The van der Waals surface area contributed by atoms with Gasteiger partial charge in [0.1, 0.15) is 0 Å². The molecule has 2 N–H and O–H groups in total. The summed E-state index contributed by atoms with van der Waals surface area (Å²) in [5.74, 6) is 1.28. The van der Waals surface area contributed by atoms with E-state index in [0.717, 1.165) is 24.5 Å². The zero-order valence-corrected chi connectivity index (χ0v) is 14.5. The number of nitrogens with zero attached hydrogens (tertiary/aromatic N) is 3. The first-order valence-electron chi connectivity index (χ1n) is 8.67. The molecule has 5 heteroatoms. The van der Waals surface area contributed by atoms with Gasteiger partial charge in [-0.15, -0.1) is 5.10 Å². The van der Waals surface area contributed by atoms with E-state index in [1.165, 1.54) is 36.8 Å². The predicted octanol–water partition coefficient (Wildman–Crippen LogP) is 4.53. The fourth-order valence-corrected chi connectivity index (χ4v) is 3.05. The summed E-state index contributed by atoms with van der Waals surface area (Å²) in [6, 6.07) is 6.19. The van der Waals surface area contributed by atoms with Crippen LogP contribution in [0.1, 0.15) is 43.2 Å². The fraction of sp³-hybridized carbons (Fsp3) is 0.421. The van der Waals surface area contributed by atoms with Gasteiger partial charge >= 0.3 is 0 Å². The quantitative estimate of drug-likeness (QED) is 0.764. The Hall–Kier alpha value is -2.43. The summed E-state index contributed by atoms with van der Waals surface area (Å²) in [6.07, 6.45) is 10.3. The minimum Gasteiger partial charge on any atom is -0.368 e. The van der Waals surface area contributed by atoms with Crippen molar-refractivity contribution in [2.45, 2.75) is 46.0 Å². The van der Waals surface area contributed by atoms with Crippen LogP contribution in [0.15, 0.2) is 36.0 Å². The highest BCUT2D eigenvalue weighted by molar-refractivity contribution is 5.63. The van der Waals surface area contributed by atoms with E-state index >= 15 is 0 Å². The molecule has 0 bridgehead atoms. The molecule has 1 heterocycles. The Bertz CT molecular complexity index is 703. The molecular weight excluding hydrogens is 298 g/mol. The molecule has 0 spiro atoms. The lowest BCUT2D eigenvalue weighted by atomic mass is 9.97. The molecule has 3 rings (SSSR count). The lowest BCUT2D eigenvalue weighted by Crippen LogP contribution is -2.08. The Morgan fingerprint density at radius 3 is 2.71 bits per heavy atom. The van der Waals surface area contributed by atoms with Crippen molar-refractivity contribution < 1.29 is 0 Å². The maximum Gasteiger partial charge on any atom is 0.249 e. The first-order valence-corrected chi connectivity index (χ1v) is 8.67. The highest BCUT2D eigenvalue weighted by atomic mass is 15.3. The second-order valence-electron chi connectivity index (χ2n) is 6.34. The molecule has 24 heavy (non-hydrogen) atoms. The summed E-state index contributed by atoms with van der Waals surface area (Å²) in [7, 11) is 0. The van der Waals surface area contributed by atoms with E-state index in [9.17, 15) is 0 Å². The van der Waals surface area contributed by atoms with Gasteiger partial charge < -0.3 is 10.6 Å². The molecular formula is C19H25N5. The van der Waals surface area contributed by atoms with Crippen LogP contribution in [0.2, 0.25) is 0 Å². The standard InChI is InChI=1S/C19H25N5/c1-14-7-6-8-15(2)18(14)23-19-22-17(13-21-24-19)20-12-11-16-9-4-3-5-10-16/h6-9,13H,3-5,10-12H2,1-2H3,(H2,20,22,23,24). The molecule has 0 radical (unpaired) electrons. The van der Waals surface area contributed by atoms with E-state index in [0.29, 0.717) is 5.95 Å². The van der Waals surface area contributed by atoms with Gasteiger partial charge in [-0.25, -0.2) is 0 Å². The number of hydrogen-bond donors (Lipinski definition) is 2. The van der Waals surface area contributed by atoms with Crippen LogP contribution in [-0.2, 0) is 0 Å². The van der Waals surface area contributed by atoms with E-state index in [4.69, 9.17) is 0 Å². The number of rotatable bonds is 6. The van der Waals surface area contributed by atoms with Crippen molar-refractivity contribution in [2.75, 3.05) is 17.2 Å². The van der Waals surface area contributed by atoms with Gasteiger partial charge in [0, 0.05) is 12.2 Å². The van der Waals surface area contributed by atoms with Gasteiger partial charge in [-0.1, -0.05) is 29.8 Å². The lowest BCUT2D eigenvalue weighted by molar-refractivity contribution is 0.679. The molecule has 1 aromatic carbocycles. The molecule has 2 aromatic rings. The predicted molar refractivity (Wildman–Crippen MR) is 98.7 cm³/mol. The van der Waals surface area contributed by atoms with E-state index < -0.39 is 0 Å². The Labute approximate surface area is 143 Å². The number of aromatic nitrogens is 3. The van der Waals surface area contributed by atoms with Crippen molar-refractivity contribution in [1.82, 2.24) is 15.2 Å². The van der Waals surface area contributed by atoms with Crippen LogP contribution in [-0.4, -0.2) is 21.7 Å². The van der Waals surface area contributed by atoms with Gasteiger partial charge in [0.2, 0.25) is 5.95 Å². The summed E-state index contributed by atoms with van der Waals surface area (Å²) >= 11 is 0. The van der Waals surface area contributed by atoms with Crippen molar-refractivity contribution in [3.05, 3.63) is 47.2 Å². The van der Waals surface area contributed by atoms with E-state index in [2.05, 4.69) is 57.9 Å². The van der Waals surface area contributed by atoms with Crippen molar-refractivity contribution in [3.63, 3.8) is 0 Å². The van der Waals surface area contributed by atoms with Crippen LogP contribution in [0.3, 0.4) is 0 Å². The van der Waals surface area contributed by atoms with Gasteiger partial charge in [0.25, 0.3) is 0 Å². The topological polar surface area (TPSA) is 62.7 Å². The van der Waals surface area contributed by atoms with Crippen molar-refractivity contribution >= 4 is 17.5 Å². The number of nitrogens with one attached hydrogen (secondary N) is 2. The summed E-state index contributed by atoms with van der Waals surface area (Å²) in [6.45, 7) is 5.03. The van der Waals surface area contributed by atoms with Gasteiger partial charge in [0.15, 0.2) is 5.82 Å². The average molecular weight is 323 g/mol. The molecule has 1 aromatic heterocycles. The van der Waals surface area contributed by atoms with Crippen LogP contribution in [0.4, 0.5) is 17.5 Å². The summed E-state index contributed by atoms with van der Waals surface area (Å²) in [5, 5.41) is 14.8. The fourth-order valence-electron chi connectivity index (χ4n) is 3.05. The normalized spacial score (nSPS) is 14.2. The largest absolute Gasteiger partial charge is 0.368 e. The molecule has 0 amide bonds. The Morgan fingerprint density at radius 2 is 1.96 bits per heavy atom. The number of benzene rings is 1. The van der Waals surface area contributed by atoms with Crippen molar-refractivity contribution in [1.29, 1.82) is 0 Å². The zero-order valence-electron chi connectivity index (χ0n) is 14.5. The Morgan fingerprint density at radius 1 is 1.12 bits per heavy atom. The number of para-hydroxylation sites is 1. The molecule has 0 unspecified atom stereocenters. The summed E-state index contributed by atoms with van der Waals surface area (Å²) in [4.78, 5) is 4.52. The van der Waals surface area contributed by atoms with Crippen LogP contribution in [0.5, 0.6) is 0 Å². The average Bonchev–Trinajstić information content (AvgIpc) is 2.60. The highest BCUT2D eigenvalue weighted by Gasteiger charge is 2.07. The number of aryl methyl sites for hydroxylation is 2. The molecule has 1 aliphatic carbocycles. The van der Waals surface area contributed by atoms with Crippen LogP contribution >= 0.6 is 0 Å². The molecule has 0 saturated carbocycles. The minimum atomic E-state index is 0.522. The highest BCUT2D eigenvalue weighted by Crippen LogP contribution is 2.23. The third-order valence-corrected chi connectivity index (χ3v) is 4.41. The second kappa shape index (κ2) is 7.90. The third-order valence-electron chi connectivity index (χ3n) is 4.41. The van der Waals surface area contributed by atoms with Gasteiger partial charge in [-0.3, -0.25) is 0 Å². The SMILES string of the molecule is Cc1cccc(C)c1Nc1nncc(NCCC2=CCCCC2)n1. The number of allylic oxidation sites excluding steroid dienone is 1. The van der Waals surface area contributed by atoms with E-state index in [-0.39, 0.29) is 0 Å². The number of hydrogen-bond acceptors (Lipinski definition) is 5. The molecule has 0 saturated heterocycles. The first-order chi connectivity index (χ1) is 11.7.